The number of hydrogen-bond acceptors (Lipinski definition) is 3. The average Bonchev–Trinajstić information content (AvgIpc) is 3.22. The Morgan fingerprint density at radius 2 is 1.81 bits per heavy atom. The third-order valence-corrected chi connectivity index (χ3v) is 12.4. The zero-order valence-electron chi connectivity index (χ0n) is 24.6. The summed E-state index contributed by atoms with van der Waals surface area (Å²) in [6.45, 7) is 13.6. The molecular weight excluding hydrogens is 452 g/mol. The maximum atomic E-state index is 11.1. The van der Waals surface area contributed by atoms with E-state index in [1.165, 1.54) is 57.8 Å². The molecule has 0 aliphatic heterocycles. The summed E-state index contributed by atoms with van der Waals surface area (Å²) in [5.41, 5.74) is 2.09. The Balaban J connectivity index is 1.24. The molecule has 10 atom stereocenters. The number of pyridine rings is 1. The standard InChI is InChI=1S/C34H56N2O/c1-23(2)9-8-10-24(3)28-14-15-29-27-13-12-25-21-32(37)31(36-20-17-26-11-6-7-19-35-26)22-34(25,5)30(27)16-18-33(28,29)4/h6-7,11,19,23-25,27-32,36-37H,8-10,12-18,20-22H2,1-5H3/t24-,25+,27+,28-,29+,30+,31-,32+,33-,34+/m1/s1. The van der Waals surface area contributed by atoms with Gasteiger partial charge in [-0.1, -0.05) is 59.9 Å². The van der Waals surface area contributed by atoms with Gasteiger partial charge in [0.05, 0.1) is 6.10 Å². The molecule has 0 unspecified atom stereocenters. The minimum absolute atomic E-state index is 0.199. The summed E-state index contributed by atoms with van der Waals surface area (Å²) in [6.07, 6.45) is 17.6. The third-order valence-electron chi connectivity index (χ3n) is 12.4. The van der Waals surface area contributed by atoms with Crippen LogP contribution in [0, 0.1) is 52.3 Å². The summed E-state index contributed by atoms with van der Waals surface area (Å²) in [6, 6.07) is 6.40. The molecule has 1 aromatic heterocycles. The smallest absolute Gasteiger partial charge is 0.0696 e. The van der Waals surface area contributed by atoms with Crippen molar-refractivity contribution in [1.82, 2.24) is 10.3 Å². The van der Waals surface area contributed by atoms with E-state index in [1.54, 1.807) is 0 Å². The second-order valence-corrected chi connectivity index (χ2v) is 14.8. The van der Waals surface area contributed by atoms with Crippen LogP contribution in [0.15, 0.2) is 24.4 Å². The van der Waals surface area contributed by atoms with E-state index in [1.807, 2.05) is 12.3 Å². The number of nitrogens with one attached hydrogen (secondary N) is 1. The molecule has 1 aromatic rings. The van der Waals surface area contributed by atoms with Gasteiger partial charge in [0, 0.05) is 30.9 Å². The molecule has 0 radical (unpaired) electrons. The molecule has 208 valence electrons. The van der Waals surface area contributed by atoms with Gasteiger partial charge in [0.2, 0.25) is 0 Å². The van der Waals surface area contributed by atoms with Crippen molar-refractivity contribution in [2.45, 2.75) is 124 Å². The molecule has 0 spiro atoms. The molecule has 2 N–H and O–H groups in total. The Morgan fingerprint density at radius 1 is 1.00 bits per heavy atom. The second kappa shape index (κ2) is 11.3. The average molecular weight is 509 g/mol. The predicted octanol–water partition coefficient (Wildman–Crippen LogP) is 7.67. The van der Waals surface area contributed by atoms with E-state index >= 15 is 0 Å². The first-order valence-electron chi connectivity index (χ1n) is 16.0. The van der Waals surface area contributed by atoms with Crippen molar-refractivity contribution in [2.75, 3.05) is 6.54 Å². The van der Waals surface area contributed by atoms with Crippen LogP contribution in [0.5, 0.6) is 0 Å². The number of rotatable bonds is 9. The minimum Gasteiger partial charge on any atom is -0.391 e. The lowest BCUT2D eigenvalue weighted by Crippen LogP contribution is -2.59. The largest absolute Gasteiger partial charge is 0.391 e. The Bertz CT molecular complexity index is 872. The van der Waals surface area contributed by atoms with Gasteiger partial charge in [-0.15, -0.1) is 0 Å². The summed E-state index contributed by atoms with van der Waals surface area (Å²) in [4.78, 5) is 4.49. The van der Waals surface area contributed by atoms with Crippen molar-refractivity contribution >= 4 is 0 Å². The lowest BCUT2D eigenvalue weighted by molar-refractivity contribution is -0.137. The lowest BCUT2D eigenvalue weighted by Gasteiger charge is -2.62. The molecule has 0 amide bonds. The van der Waals surface area contributed by atoms with E-state index in [0.29, 0.717) is 16.7 Å². The maximum Gasteiger partial charge on any atom is 0.0696 e. The van der Waals surface area contributed by atoms with Crippen molar-refractivity contribution in [3.63, 3.8) is 0 Å². The van der Waals surface area contributed by atoms with E-state index < -0.39 is 0 Å². The normalized spacial score (nSPS) is 42.2. The topological polar surface area (TPSA) is 45.1 Å². The maximum absolute atomic E-state index is 11.1. The van der Waals surface area contributed by atoms with E-state index in [-0.39, 0.29) is 12.1 Å². The van der Waals surface area contributed by atoms with Gasteiger partial charge in [0.25, 0.3) is 0 Å². The molecule has 4 aliphatic rings. The molecule has 3 nitrogen and oxygen atoms in total. The van der Waals surface area contributed by atoms with Crippen molar-refractivity contribution < 1.29 is 5.11 Å². The van der Waals surface area contributed by atoms with E-state index in [9.17, 15) is 5.11 Å². The Labute approximate surface area is 228 Å². The number of nitrogens with zero attached hydrogens (tertiary/aromatic N) is 1. The van der Waals surface area contributed by atoms with Gasteiger partial charge in [0.1, 0.15) is 0 Å². The molecule has 5 rings (SSSR count). The highest BCUT2D eigenvalue weighted by atomic mass is 16.3. The van der Waals surface area contributed by atoms with Gasteiger partial charge >= 0.3 is 0 Å². The fraction of sp³-hybridized carbons (Fsp3) is 0.853. The summed E-state index contributed by atoms with van der Waals surface area (Å²) >= 11 is 0. The van der Waals surface area contributed by atoms with Gasteiger partial charge in [-0.3, -0.25) is 4.98 Å². The fourth-order valence-electron chi connectivity index (χ4n) is 10.5. The van der Waals surface area contributed by atoms with Crippen LogP contribution in [0.2, 0.25) is 0 Å². The van der Waals surface area contributed by atoms with Crippen LogP contribution in [-0.2, 0) is 6.42 Å². The van der Waals surface area contributed by atoms with Crippen molar-refractivity contribution in [2.24, 2.45) is 52.3 Å². The summed E-state index contributed by atoms with van der Waals surface area (Å²) < 4.78 is 0. The van der Waals surface area contributed by atoms with Crippen LogP contribution in [0.3, 0.4) is 0 Å². The number of fused-ring (bicyclic) bond motifs is 5. The minimum atomic E-state index is -0.199. The number of hydrogen-bond donors (Lipinski definition) is 2. The molecular formula is C34H56N2O. The number of aromatic nitrogens is 1. The summed E-state index contributed by atoms with van der Waals surface area (Å²) in [7, 11) is 0. The van der Waals surface area contributed by atoms with Gasteiger partial charge in [-0.05, 0) is 116 Å². The lowest BCUT2D eigenvalue weighted by atomic mass is 9.44. The number of aliphatic hydroxyl groups excluding tert-OH is 1. The number of aliphatic hydroxyl groups is 1. The molecule has 0 bridgehead atoms. The molecule has 4 saturated carbocycles. The van der Waals surface area contributed by atoms with E-state index in [4.69, 9.17) is 0 Å². The predicted molar refractivity (Wildman–Crippen MR) is 154 cm³/mol. The summed E-state index contributed by atoms with van der Waals surface area (Å²) in [5, 5.41) is 14.9. The van der Waals surface area contributed by atoms with Crippen LogP contribution in [0.1, 0.15) is 111 Å². The van der Waals surface area contributed by atoms with Gasteiger partial charge in [0.15, 0.2) is 0 Å². The monoisotopic (exact) mass is 508 g/mol. The van der Waals surface area contributed by atoms with Gasteiger partial charge in [-0.2, -0.15) is 0 Å². The van der Waals surface area contributed by atoms with Crippen molar-refractivity contribution in [3.05, 3.63) is 30.1 Å². The molecule has 1 heterocycles. The van der Waals surface area contributed by atoms with Crippen LogP contribution < -0.4 is 5.32 Å². The Hall–Kier alpha value is -0.930. The quantitative estimate of drug-likeness (QED) is 0.360. The molecule has 0 saturated heterocycles. The Morgan fingerprint density at radius 3 is 2.57 bits per heavy atom. The van der Waals surface area contributed by atoms with E-state index in [0.717, 1.165) is 67.0 Å². The fourth-order valence-corrected chi connectivity index (χ4v) is 10.5. The zero-order chi connectivity index (χ0) is 26.2. The highest BCUT2D eigenvalue weighted by Gasteiger charge is 2.61. The first-order chi connectivity index (χ1) is 17.7. The highest BCUT2D eigenvalue weighted by Crippen LogP contribution is 2.68. The van der Waals surface area contributed by atoms with Gasteiger partial charge in [-0.25, -0.2) is 0 Å². The first kappa shape index (κ1) is 27.6. The van der Waals surface area contributed by atoms with Gasteiger partial charge < -0.3 is 10.4 Å². The first-order valence-corrected chi connectivity index (χ1v) is 16.0. The highest BCUT2D eigenvalue weighted by molar-refractivity contribution is 5.11. The van der Waals surface area contributed by atoms with E-state index in [2.05, 4.69) is 57.1 Å². The van der Waals surface area contributed by atoms with Crippen LogP contribution in [0.25, 0.3) is 0 Å². The third kappa shape index (κ3) is 5.43. The van der Waals surface area contributed by atoms with Crippen molar-refractivity contribution in [3.8, 4) is 0 Å². The zero-order valence-corrected chi connectivity index (χ0v) is 24.6. The Kier molecular flexibility index (Phi) is 8.42. The molecule has 3 heteroatoms. The van der Waals surface area contributed by atoms with Crippen LogP contribution in [0.4, 0.5) is 0 Å². The molecule has 37 heavy (non-hydrogen) atoms. The molecule has 4 fully saturated rings. The summed E-state index contributed by atoms with van der Waals surface area (Å²) in [5.74, 6) is 6.06. The second-order valence-electron chi connectivity index (χ2n) is 14.8. The van der Waals surface area contributed by atoms with Crippen LogP contribution >= 0.6 is 0 Å². The molecule has 4 aliphatic carbocycles. The molecule has 0 aromatic carbocycles. The van der Waals surface area contributed by atoms with Crippen LogP contribution in [-0.4, -0.2) is 28.8 Å². The van der Waals surface area contributed by atoms with Crippen molar-refractivity contribution in [1.29, 1.82) is 0 Å². The SMILES string of the molecule is CC(C)CCC[C@@H](C)[C@H]1CC[C@H]2[C@@H]3CC[C@H]4C[C@H](O)[C@H](NCCc5ccccn5)C[C@]4(C)[C@H]3CC[C@]12C.